The molecule has 0 amide bonds. The summed E-state index contributed by atoms with van der Waals surface area (Å²) < 4.78 is 10.8. The van der Waals surface area contributed by atoms with Crippen LogP contribution in [0.4, 0.5) is 0 Å². The number of carboxylic acids is 1. The lowest BCUT2D eigenvalue weighted by atomic mass is 10.1. The van der Waals surface area contributed by atoms with Crippen LogP contribution in [-0.2, 0) is 0 Å². The van der Waals surface area contributed by atoms with Crippen molar-refractivity contribution in [3.63, 3.8) is 0 Å². The maximum absolute atomic E-state index is 11.1. The number of carbonyl (C=O) groups is 1. The van der Waals surface area contributed by atoms with Gasteiger partial charge in [-0.1, -0.05) is 0 Å². The van der Waals surface area contributed by atoms with Crippen LogP contribution in [0, 0.1) is 0 Å². The van der Waals surface area contributed by atoms with Gasteiger partial charge in [-0.3, -0.25) is 0 Å². The standard InChI is InChI=1S/C14H21NO4/c1-14(2,15(3)4)9-19-12-8-10(18-5)6-7-11(12)13(16)17/h6-8H,9H2,1-5H3,(H,16,17). The van der Waals surface area contributed by atoms with E-state index in [0.29, 0.717) is 18.1 Å². The third-order valence-corrected chi connectivity index (χ3v) is 3.21. The van der Waals surface area contributed by atoms with Gasteiger partial charge in [-0.2, -0.15) is 0 Å². The fraction of sp³-hybridized carbons (Fsp3) is 0.500. The molecule has 0 aliphatic carbocycles. The van der Waals surface area contributed by atoms with Gasteiger partial charge in [0.25, 0.3) is 0 Å². The number of methoxy groups -OCH3 is 1. The van der Waals surface area contributed by atoms with Crippen LogP contribution in [0.1, 0.15) is 24.2 Å². The molecule has 0 unspecified atom stereocenters. The number of nitrogens with zero attached hydrogens (tertiary/aromatic N) is 1. The molecule has 0 fully saturated rings. The van der Waals surface area contributed by atoms with Crippen molar-refractivity contribution in [1.29, 1.82) is 0 Å². The second kappa shape index (κ2) is 5.93. The molecule has 5 heteroatoms. The number of rotatable bonds is 6. The van der Waals surface area contributed by atoms with Gasteiger partial charge in [0.1, 0.15) is 23.7 Å². The van der Waals surface area contributed by atoms with Crippen LogP contribution < -0.4 is 9.47 Å². The molecule has 1 N–H and O–H groups in total. The highest BCUT2D eigenvalue weighted by Crippen LogP contribution is 2.26. The first-order valence-electron chi connectivity index (χ1n) is 5.99. The van der Waals surface area contributed by atoms with Crippen molar-refractivity contribution >= 4 is 5.97 Å². The van der Waals surface area contributed by atoms with Crippen LogP contribution >= 0.6 is 0 Å². The fourth-order valence-electron chi connectivity index (χ4n) is 1.31. The minimum atomic E-state index is -1.01. The summed E-state index contributed by atoms with van der Waals surface area (Å²) in [5, 5.41) is 9.14. The second-order valence-corrected chi connectivity index (χ2v) is 5.16. The Balaban J connectivity index is 2.95. The molecule has 0 saturated carbocycles. The van der Waals surface area contributed by atoms with Gasteiger partial charge >= 0.3 is 5.97 Å². The van der Waals surface area contributed by atoms with E-state index in [4.69, 9.17) is 14.6 Å². The number of benzene rings is 1. The maximum atomic E-state index is 11.1. The lowest BCUT2D eigenvalue weighted by molar-refractivity contribution is 0.0684. The molecular formula is C14H21NO4. The average Bonchev–Trinajstić information content (AvgIpc) is 2.35. The zero-order valence-electron chi connectivity index (χ0n) is 12.1. The van der Waals surface area contributed by atoms with Crippen LogP contribution in [0.25, 0.3) is 0 Å². The molecule has 0 spiro atoms. The molecule has 0 radical (unpaired) electrons. The molecule has 0 aliphatic rings. The molecule has 0 atom stereocenters. The van der Waals surface area contributed by atoms with E-state index in [0.717, 1.165) is 0 Å². The van der Waals surface area contributed by atoms with Gasteiger partial charge in [0, 0.05) is 11.6 Å². The smallest absolute Gasteiger partial charge is 0.339 e. The average molecular weight is 267 g/mol. The highest BCUT2D eigenvalue weighted by Gasteiger charge is 2.23. The van der Waals surface area contributed by atoms with Gasteiger partial charge in [-0.25, -0.2) is 4.79 Å². The van der Waals surface area contributed by atoms with E-state index in [9.17, 15) is 4.79 Å². The molecule has 1 aromatic rings. The Bertz CT molecular complexity index is 455. The van der Waals surface area contributed by atoms with Gasteiger partial charge in [0.2, 0.25) is 0 Å². The van der Waals surface area contributed by atoms with E-state index < -0.39 is 5.97 Å². The van der Waals surface area contributed by atoms with Gasteiger partial charge in [-0.15, -0.1) is 0 Å². The Kier molecular flexibility index (Phi) is 4.78. The molecular weight excluding hydrogens is 246 g/mol. The highest BCUT2D eigenvalue weighted by molar-refractivity contribution is 5.91. The third kappa shape index (κ3) is 3.86. The molecule has 0 aromatic heterocycles. The van der Waals surface area contributed by atoms with Crippen LogP contribution in [0.15, 0.2) is 18.2 Å². The molecule has 0 heterocycles. The Morgan fingerprint density at radius 3 is 2.47 bits per heavy atom. The lowest BCUT2D eigenvalue weighted by Gasteiger charge is -2.32. The molecule has 0 saturated heterocycles. The Morgan fingerprint density at radius 1 is 1.37 bits per heavy atom. The summed E-state index contributed by atoms with van der Waals surface area (Å²) in [5.74, 6) is -0.121. The van der Waals surface area contributed by atoms with Gasteiger partial charge in [0.05, 0.1) is 7.11 Å². The second-order valence-electron chi connectivity index (χ2n) is 5.16. The Labute approximate surface area is 113 Å². The SMILES string of the molecule is COc1ccc(C(=O)O)c(OCC(C)(C)N(C)C)c1. The summed E-state index contributed by atoms with van der Waals surface area (Å²) in [5.41, 5.74) is -0.0610. The van der Waals surface area contributed by atoms with Crippen LogP contribution in [-0.4, -0.2) is 49.3 Å². The van der Waals surface area contributed by atoms with E-state index in [1.54, 1.807) is 12.1 Å². The predicted molar refractivity (Wildman–Crippen MR) is 73.2 cm³/mol. The van der Waals surface area contributed by atoms with Crippen molar-refractivity contribution < 1.29 is 19.4 Å². The maximum Gasteiger partial charge on any atom is 0.339 e. The van der Waals surface area contributed by atoms with Crippen molar-refractivity contribution in [3.8, 4) is 11.5 Å². The van der Waals surface area contributed by atoms with E-state index in [1.807, 2.05) is 32.8 Å². The fourth-order valence-corrected chi connectivity index (χ4v) is 1.31. The van der Waals surface area contributed by atoms with Gasteiger partial charge in [-0.05, 0) is 40.1 Å². The third-order valence-electron chi connectivity index (χ3n) is 3.21. The van der Waals surface area contributed by atoms with Crippen LogP contribution in [0.2, 0.25) is 0 Å². The van der Waals surface area contributed by atoms with Crippen molar-refractivity contribution in [3.05, 3.63) is 23.8 Å². The first-order valence-corrected chi connectivity index (χ1v) is 5.99. The zero-order chi connectivity index (χ0) is 14.6. The number of ether oxygens (including phenoxy) is 2. The van der Waals surface area contributed by atoms with Crippen molar-refractivity contribution in [2.45, 2.75) is 19.4 Å². The number of aromatic carboxylic acids is 1. The molecule has 0 aliphatic heterocycles. The van der Waals surface area contributed by atoms with E-state index in [2.05, 4.69) is 0 Å². The topological polar surface area (TPSA) is 59.0 Å². The number of hydrogen-bond acceptors (Lipinski definition) is 4. The number of hydrogen-bond donors (Lipinski definition) is 1. The number of likely N-dealkylation sites (N-methyl/N-ethyl adjacent to an activating group) is 1. The van der Waals surface area contributed by atoms with Crippen molar-refractivity contribution in [1.82, 2.24) is 4.90 Å². The van der Waals surface area contributed by atoms with Crippen LogP contribution in [0.5, 0.6) is 11.5 Å². The summed E-state index contributed by atoms with van der Waals surface area (Å²) in [6, 6.07) is 4.68. The lowest BCUT2D eigenvalue weighted by Crippen LogP contribution is -2.43. The van der Waals surface area contributed by atoms with Gasteiger partial charge in [0.15, 0.2) is 0 Å². The Hall–Kier alpha value is -1.75. The summed E-state index contributed by atoms with van der Waals surface area (Å²) >= 11 is 0. The molecule has 19 heavy (non-hydrogen) atoms. The van der Waals surface area contributed by atoms with Gasteiger partial charge < -0.3 is 19.5 Å². The van der Waals surface area contributed by atoms with Crippen molar-refractivity contribution in [2.24, 2.45) is 0 Å². The molecule has 0 bridgehead atoms. The normalized spacial score (nSPS) is 11.5. The van der Waals surface area contributed by atoms with E-state index in [1.165, 1.54) is 13.2 Å². The first kappa shape index (κ1) is 15.3. The summed E-state index contributed by atoms with van der Waals surface area (Å²) in [6.45, 7) is 4.43. The summed E-state index contributed by atoms with van der Waals surface area (Å²) in [6.07, 6.45) is 0. The largest absolute Gasteiger partial charge is 0.497 e. The number of carboxylic acid groups (broad SMARTS) is 1. The Morgan fingerprint density at radius 2 is 2.00 bits per heavy atom. The first-order chi connectivity index (χ1) is 8.77. The van der Waals surface area contributed by atoms with E-state index in [-0.39, 0.29) is 11.1 Å². The quantitative estimate of drug-likeness (QED) is 0.855. The minimum Gasteiger partial charge on any atom is -0.497 e. The molecule has 106 valence electrons. The molecule has 1 aromatic carbocycles. The van der Waals surface area contributed by atoms with E-state index >= 15 is 0 Å². The predicted octanol–water partition coefficient (Wildman–Crippen LogP) is 2.11. The van der Waals surface area contributed by atoms with Crippen LogP contribution in [0.3, 0.4) is 0 Å². The zero-order valence-corrected chi connectivity index (χ0v) is 12.1. The highest BCUT2D eigenvalue weighted by atomic mass is 16.5. The monoisotopic (exact) mass is 267 g/mol. The molecule has 1 rings (SSSR count). The van der Waals surface area contributed by atoms with Crippen molar-refractivity contribution in [2.75, 3.05) is 27.8 Å². The minimum absolute atomic E-state index is 0.135. The summed E-state index contributed by atoms with van der Waals surface area (Å²) in [7, 11) is 5.43. The molecule has 5 nitrogen and oxygen atoms in total. The summed E-state index contributed by atoms with van der Waals surface area (Å²) in [4.78, 5) is 13.2.